The molecule has 4 N–H and O–H groups in total. The van der Waals surface area contributed by atoms with Crippen molar-refractivity contribution in [1.82, 2.24) is 0 Å². The molecule has 0 spiro atoms. The standard InChI is InChI=1S/C24H45NO6/c1-5-6-7-8-9-10-11-12-13-14-15-16-17-21(29)22(30)23(25)24(18(2)26,19(3)27)31-20(4)28/h21-23,29-30H,5-17,25H2,1-4H3. The number of aliphatic hydroxyl groups is 2. The molecule has 0 heterocycles. The zero-order chi connectivity index (χ0) is 23.9. The number of rotatable bonds is 19. The zero-order valence-corrected chi connectivity index (χ0v) is 20.0. The van der Waals surface area contributed by atoms with Crippen LogP contribution in [0.1, 0.15) is 111 Å². The molecule has 0 bridgehead atoms. The predicted molar refractivity (Wildman–Crippen MR) is 122 cm³/mol. The first-order valence-electron chi connectivity index (χ1n) is 11.9. The fraction of sp³-hybridized carbons (Fsp3) is 0.875. The largest absolute Gasteiger partial charge is 0.441 e. The van der Waals surface area contributed by atoms with Crippen LogP contribution in [0.2, 0.25) is 0 Å². The van der Waals surface area contributed by atoms with E-state index >= 15 is 0 Å². The fourth-order valence-electron chi connectivity index (χ4n) is 4.00. The van der Waals surface area contributed by atoms with Gasteiger partial charge in [-0.1, -0.05) is 84.0 Å². The Labute approximate surface area is 188 Å². The third-order valence-electron chi connectivity index (χ3n) is 5.94. The zero-order valence-electron chi connectivity index (χ0n) is 20.0. The van der Waals surface area contributed by atoms with Crippen LogP contribution in [0.15, 0.2) is 0 Å². The van der Waals surface area contributed by atoms with E-state index in [0.717, 1.165) is 40.0 Å². The van der Waals surface area contributed by atoms with E-state index in [1.165, 1.54) is 51.4 Å². The lowest BCUT2D eigenvalue weighted by molar-refractivity contribution is -0.178. The van der Waals surface area contributed by atoms with Gasteiger partial charge in [0.2, 0.25) is 5.60 Å². The quantitative estimate of drug-likeness (QED) is 0.158. The molecule has 0 aliphatic heterocycles. The smallest absolute Gasteiger partial charge is 0.304 e. The summed E-state index contributed by atoms with van der Waals surface area (Å²) in [7, 11) is 0. The minimum atomic E-state index is -2.29. The van der Waals surface area contributed by atoms with Crippen LogP contribution >= 0.6 is 0 Å². The van der Waals surface area contributed by atoms with Crippen LogP contribution in [0.3, 0.4) is 0 Å². The molecule has 3 atom stereocenters. The van der Waals surface area contributed by atoms with Crippen LogP contribution in [-0.4, -0.2) is 51.6 Å². The highest BCUT2D eigenvalue weighted by atomic mass is 16.6. The summed E-state index contributed by atoms with van der Waals surface area (Å²) in [6.45, 7) is 5.44. The topological polar surface area (TPSA) is 127 Å². The van der Waals surface area contributed by atoms with Crippen LogP contribution in [0, 0.1) is 0 Å². The van der Waals surface area contributed by atoms with Crippen LogP contribution in [0.5, 0.6) is 0 Å². The number of nitrogens with two attached hydrogens (primary N) is 1. The van der Waals surface area contributed by atoms with E-state index in [-0.39, 0.29) is 6.42 Å². The lowest BCUT2D eigenvalue weighted by atomic mass is 9.81. The van der Waals surface area contributed by atoms with Gasteiger partial charge in [0.15, 0.2) is 11.6 Å². The van der Waals surface area contributed by atoms with Crippen molar-refractivity contribution in [1.29, 1.82) is 0 Å². The molecule has 0 radical (unpaired) electrons. The van der Waals surface area contributed by atoms with Crippen molar-refractivity contribution in [3.05, 3.63) is 0 Å². The van der Waals surface area contributed by atoms with E-state index in [4.69, 9.17) is 10.5 Å². The van der Waals surface area contributed by atoms with Crippen molar-refractivity contribution in [2.24, 2.45) is 5.73 Å². The second-order valence-electron chi connectivity index (χ2n) is 8.70. The van der Waals surface area contributed by atoms with E-state index in [9.17, 15) is 24.6 Å². The Morgan fingerprint density at radius 3 is 1.52 bits per heavy atom. The third kappa shape index (κ3) is 10.7. The maximum absolute atomic E-state index is 12.1. The Bertz CT molecular complexity index is 522. The Balaban J connectivity index is 4.30. The van der Waals surface area contributed by atoms with E-state index in [1.807, 2.05) is 0 Å². The third-order valence-corrected chi connectivity index (χ3v) is 5.94. The molecule has 0 aliphatic rings. The molecule has 0 fully saturated rings. The molecule has 0 aromatic rings. The van der Waals surface area contributed by atoms with Gasteiger partial charge in [0.05, 0.1) is 18.2 Å². The van der Waals surface area contributed by atoms with Gasteiger partial charge in [-0.3, -0.25) is 14.4 Å². The Hall–Kier alpha value is -1.31. The SMILES string of the molecule is CCCCCCCCCCCCCCC(O)C(O)C(N)C(OC(C)=O)(C(C)=O)C(C)=O. The number of ether oxygens (including phenoxy) is 1. The molecule has 0 aromatic carbocycles. The number of carbonyl (C=O) groups is 3. The minimum Gasteiger partial charge on any atom is -0.441 e. The van der Waals surface area contributed by atoms with Crippen molar-refractivity contribution in [2.45, 2.75) is 135 Å². The molecule has 3 unspecified atom stereocenters. The Morgan fingerprint density at radius 1 is 0.774 bits per heavy atom. The van der Waals surface area contributed by atoms with Crippen molar-refractivity contribution in [3.8, 4) is 0 Å². The maximum atomic E-state index is 12.1. The predicted octanol–water partition coefficient (Wildman–Crippen LogP) is 3.61. The van der Waals surface area contributed by atoms with Gasteiger partial charge in [-0.05, 0) is 20.3 Å². The van der Waals surface area contributed by atoms with Gasteiger partial charge in [-0.2, -0.15) is 0 Å². The van der Waals surface area contributed by atoms with Crippen molar-refractivity contribution in [3.63, 3.8) is 0 Å². The second-order valence-corrected chi connectivity index (χ2v) is 8.70. The highest BCUT2D eigenvalue weighted by Crippen LogP contribution is 2.24. The van der Waals surface area contributed by atoms with Gasteiger partial charge < -0.3 is 20.7 Å². The summed E-state index contributed by atoms with van der Waals surface area (Å²) in [5, 5.41) is 20.8. The molecule has 7 heteroatoms. The van der Waals surface area contributed by atoms with Crippen LogP contribution in [-0.2, 0) is 19.1 Å². The first kappa shape index (κ1) is 29.7. The molecule has 31 heavy (non-hydrogen) atoms. The monoisotopic (exact) mass is 443 g/mol. The summed E-state index contributed by atoms with van der Waals surface area (Å²) in [5.41, 5.74) is 3.67. The molecule has 0 amide bonds. The molecule has 0 aromatic heterocycles. The van der Waals surface area contributed by atoms with Crippen LogP contribution in [0.4, 0.5) is 0 Å². The highest BCUT2D eigenvalue weighted by Gasteiger charge is 2.53. The number of hydrogen-bond donors (Lipinski definition) is 3. The summed E-state index contributed by atoms with van der Waals surface area (Å²) in [4.78, 5) is 35.7. The van der Waals surface area contributed by atoms with Gasteiger partial charge >= 0.3 is 5.97 Å². The lowest BCUT2D eigenvalue weighted by Gasteiger charge is -2.37. The summed E-state index contributed by atoms with van der Waals surface area (Å²) in [6.07, 6.45) is 11.7. The summed E-state index contributed by atoms with van der Waals surface area (Å²) in [6, 6.07) is -1.54. The average Bonchev–Trinajstić information content (AvgIpc) is 2.70. The number of ketones is 2. The normalized spacial score (nSPS) is 14.7. The van der Waals surface area contributed by atoms with Gasteiger partial charge in [-0.25, -0.2) is 0 Å². The molecule has 0 rings (SSSR count). The number of esters is 1. The molecule has 182 valence electrons. The molecule has 0 aliphatic carbocycles. The first-order chi connectivity index (χ1) is 14.6. The van der Waals surface area contributed by atoms with Crippen molar-refractivity contribution >= 4 is 17.5 Å². The Kier molecular flexibility index (Phi) is 15.7. The maximum Gasteiger partial charge on any atom is 0.304 e. The molecule has 7 nitrogen and oxygen atoms in total. The van der Waals surface area contributed by atoms with E-state index < -0.39 is 41.4 Å². The number of Topliss-reactive ketones (excluding diaryl/α,β-unsaturated/α-hetero) is 2. The minimum absolute atomic E-state index is 0.290. The van der Waals surface area contributed by atoms with Gasteiger partial charge in [0, 0.05) is 6.92 Å². The van der Waals surface area contributed by atoms with E-state index in [0.29, 0.717) is 6.42 Å². The van der Waals surface area contributed by atoms with E-state index in [1.54, 1.807) is 0 Å². The number of hydrogen-bond acceptors (Lipinski definition) is 7. The molecule has 0 saturated carbocycles. The highest BCUT2D eigenvalue weighted by molar-refractivity contribution is 6.10. The summed E-state index contributed by atoms with van der Waals surface area (Å²) < 4.78 is 4.98. The number of unbranched alkanes of at least 4 members (excludes halogenated alkanes) is 11. The average molecular weight is 444 g/mol. The Morgan fingerprint density at radius 2 is 1.16 bits per heavy atom. The molecule has 0 saturated heterocycles. The molecular weight excluding hydrogens is 398 g/mol. The van der Waals surface area contributed by atoms with Crippen molar-refractivity contribution in [2.75, 3.05) is 0 Å². The fourth-order valence-corrected chi connectivity index (χ4v) is 4.00. The first-order valence-corrected chi connectivity index (χ1v) is 11.9. The summed E-state index contributed by atoms with van der Waals surface area (Å²) >= 11 is 0. The lowest BCUT2D eigenvalue weighted by Crippen LogP contribution is -2.66. The number of carbonyl (C=O) groups excluding carboxylic acids is 3. The van der Waals surface area contributed by atoms with Crippen LogP contribution in [0.25, 0.3) is 0 Å². The van der Waals surface area contributed by atoms with Gasteiger partial charge in [0.1, 0.15) is 0 Å². The second kappa shape index (κ2) is 16.3. The molecular formula is C24H45NO6. The van der Waals surface area contributed by atoms with Gasteiger partial charge in [0.25, 0.3) is 0 Å². The van der Waals surface area contributed by atoms with E-state index in [2.05, 4.69) is 6.92 Å². The summed E-state index contributed by atoms with van der Waals surface area (Å²) in [5.74, 6) is -2.41. The van der Waals surface area contributed by atoms with Gasteiger partial charge in [-0.15, -0.1) is 0 Å². The number of aliphatic hydroxyl groups excluding tert-OH is 2. The van der Waals surface area contributed by atoms with Crippen LogP contribution < -0.4 is 5.73 Å². The van der Waals surface area contributed by atoms with Crippen molar-refractivity contribution < 1.29 is 29.3 Å².